The molecule has 0 radical (unpaired) electrons. The molecule has 0 amide bonds. The highest BCUT2D eigenvalue weighted by atomic mass is 35.5. The number of halogens is 3. The van der Waals surface area contributed by atoms with Crippen LogP contribution in [0.2, 0.25) is 5.02 Å². The standard InChI is InChI=1S/C8H6ClF2NO3/c1-4-6(12(13)14)3-2-5(9)7(4)15-8(10)11/h2-3,8H,1H3. The van der Waals surface area contributed by atoms with E-state index in [1.165, 1.54) is 6.92 Å². The summed E-state index contributed by atoms with van der Waals surface area (Å²) >= 11 is 5.57. The molecule has 0 aliphatic carbocycles. The molecule has 0 heterocycles. The fourth-order valence-electron chi connectivity index (χ4n) is 1.08. The Kier molecular flexibility index (Phi) is 3.41. The van der Waals surface area contributed by atoms with Gasteiger partial charge in [0.25, 0.3) is 5.69 Å². The quantitative estimate of drug-likeness (QED) is 0.599. The minimum absolute atomic E-state index is 0.0206. The summed E-state index contributed by atoms with van der Waals surface area (Å²) in [7, 11) is 0. The second kappa shape index (κ2) is 4.39. The van der Waals surface area contributed by atoms with E-state index in [0.717, 1.165) is 12.1 Å². The smallest absolute Gasteiger partial charge is 0.387 e. The SMILES string of the molecule is Cc1c([N+](=O)[O-])ccc(Cl)c1OC(F)F. The molecule has 1 aromatic rings. The minimum atomic E-state index is -3.07. The number of rotatable bonds is 3. The molecule has 0 fully saturated rings. The van der Waals surface area contributed by atoms with Crippen LogP contribution in [-0.4, -0.2) is 11.5 Å². The van der Waals surface area contributed by atoms with Gasteiger partial charge in [-0.25, -0.2) is 0 Å². The van der Waals surface area contributed by atoms with E-state index < -0.39 is 11.5 Å². The Hall–Kier alpha value is -1.43. The fourth-order valence-corrected chi connectivity index (χ4v) is 1.33. The minimum Gasteiger partial charge on any atom is -0.433 e. The first-order valence-corrected chi connectivity index (χ1v) is 4.19. The van der Waals surface area contributed by atoms with Crippen LogP contribution < -0.4 is 4.74 Å². The monoisotopic (exact) mass is 237 g/mol. The van der Waals surface area contributed by atoms with Gasteiger partial charge in [-0.1, -0.05) is 11.6 Å². The molecule has 7 heteroatoms. The lowest BCUT2D eigenvalue weighted by atomic mass is 10.2. The van der Waals surface area contributed by atoms with Crippen LogP contribution in [0.4, 0.5) is 14.5 Å². The van der Waals surface area contributed by atoms with E-state index in [-0.39, 0.29) is 22.0 Å². The summed E-state index contributed by atoms with van der Waals surface area (Å²) in [5.74, 6) is -0.360. The van der Waals surface area contributed by atoms with Crippen LogP contribution in [0.15, 0.2) is 12.1 Å². The molecule has 0 bridgehead atoms. The van der Waals surface area contributed by atoms with Crippen molar-refractivity contribution in [1.82, 2.24) is 0 Å². The Bertz CT molecular complexity index is 398. The van der Waals surface area contributed by atoms with Crippen molar-refractivity contribution in [2.75, 3.05) is 0 Å². The molecule has 1 aromatic carbocycles. The van der Waals surface area contributed by atoms with Crippen molar-refractivity contribution in [3.63, 3.8) is 0 Å². The van der Waals surface area contributed by atoms with Gasteiger partial charge in [0.15, 0.2) is 5.75 Å². The number of hydrogen-bond acceptors (Lipinski definition) is 3. The van der Waals surface area contributed by atoms with Crippen LogP contribution in [0.3, 0.4) is 0 Å². The summed E-state index contributed by atoms with van der Waals surface area (Å²) in [5, 5.41) is 10.4. The number of nitro groups is 1. The molecule has 0 N–H and O–H groups in total. The van der Waals surface area contributed by atoms with E-state index in [0.29, 0.717) is 0 Å². The lowest BCUT2D eigenvalue weighted by Crippen LogP contribution is -2.05. The molecule has 1 rings (SSSR count). The summed E-state index contributed by atoms with van der Waals surface area (Å²) in [6.45, 7) is -1.77. The highest BCUT2D eigenvalue weighted by molar-refractivity contribution is 6.32. The Balaban J connectivity index is 3.24. The van der Waals surface area contributed by atoms with E-state index in [2.05, 4.69) is 4.74 Å². The largest absolute Gasteiger partial charge is 0.433 e. The zero-order valence-corrected chi connectivity index (χ0v) is 8.29. The van der Waals surface area contributed by atoms with Crippen molar-refractivity contribution < 1.29 is 18.4 Å². The first kappa shape index (κ1) is 11.6. The lowest BCUT2D eigenvalue weighted by molar-refractivity contribution is -0.385. The Morgan fingerprint density at radius 2 is 2.13 bits per heavy atom. The fraction of sp³-hybridized carbons (Fsp3) is 0.250. The van der Waals surface area contributed by atoms with Crippen LogP contribution in [-0.2, 0) is 0 Å². The van der Waals surface area contributed by atoms with Crippen LogP contribution in [0.5, 0.6) is 5.75 Å². The van der Waals surface area contributed by atoms with E-state index in [1.54, 1.807) is 0 Å². The molecular weight excluding hydrogens is 232 g/mol. The number of nitrogens with zero attached hydrogens (tertiary/aromatic N) is 1. The van der Waals surface area contributed by atoms with Crippen molar-refractivity contribution >= 4 is 17.3 Å². The molecule has 0 aliphatic heterocycles. The maximum atomic E-state index is 12.0. The van der Waals surface area contributed by atoms with Crippen molar-refractivity contribution in [1.29, 1.82) is 0 Å². The topological polar surface area (TPSA) is 52.4 Å². The van der Waals surface area contributed by atoms with Crippen LogP contribution in [0.1, 0.15) is 5.56 Å². The maximum absolute atomic E-state index is 12.0. The second-order valence-electron chi connectivity index (χ2n) is 2.66. The van der Waals surface area contributed by atoms with Crippen LogP contribution in [0.25, 0.3) is 0 Å². The predicted molar refractivity (Wildman–Crippen MR) is 49.5 cm³/mol. The average Bonchev–Trinajstić information content (AvgIpc) is 2.11. The molecule has 0 unspecified atom stereocenters. The van der Waals surface area contributed by atoms with Gasteiger partial charge in [-0.15, -0.1) is 0 Å². The molecule has 0 saturated heterocycles. The molecule has 0 aliphatic rings. The van der Waals surface area contributed by atoms with Crippen molar-refractivity contribution in [3.05, 3.63) is 32.8 Å². The Morgan fingerprint density at radius 3 is 2.60 bits per heavy atom. The number of ether oxygens (including phenoxy) is 1. The molecule has 0 spiro atoms. The summed E-state index contributed by atoms with van der Waals surface area (Å²) in [4.78, 5) is 9.80. The number of benzene rings is 1. The van der Waals surface area contributed by atoms with Gasteiger partial charge in [-0.3, -0.25) is 10.1 Å². The number of alkyl halides is 2. The third-order valence-electron chi connectivity index (χ3n) is 1.73. The lowest BCUT2D eigenvalue weighted by Gasteiger charge is -2.09. The van der Waals surface area contributed by atoms with Crippen molar-refractivity contribution in [2.45, 2.75) is 13.5 Å². The van der Waals surface area contributed by atoms with Gasteiger partial charge in [0, 0.05) is 6.07 Å². The average molecular weight is 238 g/mol. The summed E-state index contributed by atoms with van der Waals surface area (Å²) in [6, 6.07) is 2.28. The molecular formula is C8H6ClF2NO3. The highest BCUT2D eigenvalue weighted by Crippen LogP contribution is 2.35. The Labute approximate surface area is 88.6 Å². The van der Waals surface area contributed by atoms with Gasteiger partial charge in [-0.2, -0.15) is 8.78 Å². The van der Waals surface area contributed by atoms with E-state index in [9.17, 15) is 18.9 Å². The molecule has 0 aromatic heterocycles. The van der Waals surface area contributed by atoms with Crippen LogP contribution >= 0.6 is 11.6 Å². The van der Waals surface area contributed by atoms with Gasteiger partial charge in [0.2, 0.25) is 0 Å². The summed E-state index contributed by atoms with van der Waals surface area (Å²) in [5.41, 5.74) is -0.331. The first-order chi connectivity index (χ1) is 6.93. The molecule has 82 valence electrons. The van der Waals surface area contributed by atoms with E-state index >= 15 is 0 Å². The van der Waals surface area contributed by atoms with Gasteiger partial charge in [0.05, 0.1) is 15.5 Å². The molecule has 0 atom stereocenters. The van der Waals surface area contributed by atoms with Gasteiger partial charge >= 0.3 is 6.61 Å². The maximum Gasteiger partial charge on any atom is 0.387 e. The van der Waals surface area contributed by atoms with E-state index in [4.69, 9.17) is 11.6 Å². The zero-order chi connectivity index (χ0) is 11.6. The van der Waals surface area contributed by atoms with Gasteiger partial charge < -0.3 is 4.74 Å². The number of nitro benzene ring substituents is 1. The zero-order valence-electron chi connectivity index (χ0n) is 7.54. The third-order valence-corrected chi connectivity index (χ3v) is 2.03. The van der Waals surface area contributed by atoms with E-state index in [1.807, 2.05) is 0 Å². The van der Waals surface area contributed by atoms with Gasteiger partial charge in [0.1, 0.15) is 0 Å². The normalized spacial score (nSPS) is 10.5. The Morgan fingerprint density at radius 1 is 1.53 bits per heavy atom. The second-order valence-corrected chi connectivity index (χ2v) is 3.06. The molecule has 0 saturated carbocycles. The first-order valence-electron chi connectivity index (χ1n) is 3.81. The van der Waals surface area contributed by atoms with Crippen molar-refractivity contribution in [2.24, 2.45) is 0 Å². The molecule has 15 heavy (non-hydrogen) atoms. The molecule has 4 nitrogen and oxygen atoms in total. The summed E-state index contributed by atoms with van der Waals surface area (Å²) in [6.07, 6.45) is 0. The predicted octanol–water partition coefficient (Wildman–Crippen LogP) is 3.16. The third kappa shape index (κ3) is 2.53. The van der Waals surface area contributed by atoms with Gasteiger partial charge in [-0.05, 0) is 13.0 Å². The van der Waals surface area contributed by atoms with Crippen LogP contribution in [0, 0.1) is 17.0 Å². The summed E-state index contributed by atoms with van der Waals surface area (Å²) < 4.78 is 28.0. The highest BCUT2D eigenvalue weighted by Gasteiger charge is 2.20. The van der Waals surface area contributed by atoms with Crippen molar-refractivity contribution in [3.8, 4) is 5.75 Å². The number of hydrogen-bond donors (Lipinski definition) is 0.